The summed E-state index contributed by atoms with van der Waals surface area (Å²) in [5.41, 5.74) is 2.09. The molecule has 24 heavy (non-hydrogen) atoms. The van der Waals surface area contributed by atoms with Gasteiger partial charge in [-0.25, -0.2) is 9.48 Å². The Hall–Kier alpha value is -2.70. The molecule has 0 spiro atoms. The molecule has 0 aliphatic heterocycles. The minimum atomic E-state index is -0.735. The SMILES string of the molecule is CCCn1c(C)cc(C(=O)COC(=O)c2ccc(=O)n(C)n2)c1C. The lowest BCUT2D eigenvalue weighted by molar-refractivity contribution is 0.0466. The Balaban J connectivity index is 2.07. The average molecular weight is 331 g/mol. The molecule has 0 saturated heterocycles. The number of hydrogen-bond donors (Lipinski definition) is 0. The van der Waals surface area contributed by atoms with Crippen molar-refractivity contribution < 1.29 is 14.3 Å². The van der Waals surface area contributed by atoms with E-state index in [-0.39, 0.29) is 23.6 Å². The highest BCUT2D eigenvalue weighted by Gasteiger charge is 2.18. The Morgan fingerprint density at radius 3 is 2.58 bits per heavy atom. The summed E-state index contributed by atoms with van der Waals surface area (Å²) in [6, 6.07) is 4.32. The van der Waals surface area contributed by atoms with Crippen molar-refractivity contribution in [3.63, 3.8) is 0 Å². The van der Waals surface area contributed by atoms with Gasteiger partial charge in [0.05, 0.1) is 0 Å². The summed E-state index contributed by atoms with van der Waals surface area (Å²) in [6.45, 7) is 6.38. The number of aryl methyl sites for hydroxylation is 2. The minimum absolute atomic E-state index is 0.0126. The molecule has 0 atom stereocenters. The number of aromatic nitrogens is 3. The van der Waals surface area contributed by atoms with Gasteiger partial charge in [-0.15, -0.1) is 0 Å². The molecule has 128 valence electrons. The van der Waals surface area contributed by atoms with Crippen LogP contribution in [-0.4, -0.2) is 32.7 Å². The standard InChI is InChI=1S/C17H21N3O4/c1-5-8-20-11(2)9-13(12(20)3)15(21)10-24-17(23)14-6-7-16(22)19(4)18-14/h6-7,9H,5,8,10H2,1-4H3. The average Bonchev–Trinajstić information content (AvgIpc) is 2.83. The van der Waals surface area contributed by atoms with E-state index in [2.05, 4.69) is 16.6 Å². The van der Waals surface area contributed by atoms with Crippen LogP contribution in [0.15, 0.2) is 23.0 Å². The van der Waals surface area contributed by atoms with Crippen LogP contribution >= 0.6 is 0 Å². The second-order valence-electron chi connectivity index (χ2n) is 5.62. The second kappa shape index (κ2) is 7.25. The molecule has 0 amide bonds. The van der Waals surface area contributed by atoms with Gasteiger partial charge in [-0.2, -0.15) is 5.10 Å². The van der Waals surface area contributed by atoms with E-state index in [4.69, 9.17) is 4.74 Å². The molecule has 0 saturated carbocycles. The van der Waals surface area contributed by atoms with E-state index in [1.165, 1.54) is 19.2 Å². The van der Waals surface area contributed by atoms with Gasteiger partial charge in [-0.1, -0.05) is 6.92 Å². The van der Waals surface area contributed by atoms with Crippen molar-refractivity contribution in [3.05, 3.63) is 51.2 Å². The molecular formula is C17H21N3O4. The van der Waals surface area contributed by atoms with Gasteiger partial charge in [0.2, 0.25) is 5.78 Å². The topological polar surface area (TPSA) is 83.2 Å². The molecule has 0 unspecified atom stereocenters. The van der Waals surface area contributed by atoms with Crippen LogP contribution in [0.25, 0.3) is 0 Å². The van der Waals surface area contributed by atoms with Gasteiger partial charge in [0, 0.05) is 36.6 Å². The van der Waals surface area contributed by atoms with Crippen LogP contribution in [0.1, 0.15) is 45.6 Å². The third-order valence-electron chi connectivity index (χ3n) is 3.83. The first-order valence-corrected chi connectivity index (χ1v) is 7.76. The highest BCUT2D eigenvalue weighted by atomic mass is 16.5. The zero-order chi connectivity index (χ0) is 17.9. The van der Waals surface area contributed by atoms with Crippen LogP contribution in [0.3, 0.4) is 0 Å². The highest BCUT2D eigenvalue weighted by Crippen LogP contribution is 2.16. The number of ketones is 1. The molecular weight excluding hydrogens is 310 g/mol. The van der Waals surface area contributed by atoms with Gasteiger partial charge in [-0.05, 0) is 32.4 Å². The fraction of sp³-hybridized carbons (Fsp3) is 0.412. The number of carbonyl (C=O) groups excluding carboxylic acids is 2. The smallest absolute Gasteiger partial charge is 0.359 e. The zero-order valence-corrected chi connectivity index (χ0v) is 14.3. The van der Waals surface area contributed by atoms with Crippen molar-refractivity contribution >= 4 is 11.8 Å². The molecule has 2 aromatic rings. The van der Waals surface area contributed by atoms with Crippen molar-refractivity contribution in [2.75, 3.05) is 6.61 Å². The zero-order valence-electron chi connectivity index (χ0n) is 14.3. The third kappa shape index (κ3) is 3.61. The van der Waals surface area contributed by atoms with E-state index >= 15 is 0 Å². The van der Waals surface area contributed by atoms with Crippen LogP contribution in [0.5, 0.6) is 0 Å². The summed E-state index contributed by atoms with van der Waals surface area (Å²) >= 11 is 0. The lowest BCUT2D eigenvalue weighted by Gasteiger charge is -2.08. The van der Waals surface area contributed by atoms with Crippen LogP contribution in [0, 0.1) is 13.8 Å². The molecule has 0 aromatic carbocycles. The molecule has 0 bridgehead atoms. The number of rotatable bonds is 6. The number of hydrogen-bond acceptors (Lipinski definition) is 5. The van der Waals surface area contributed by atoms with Crippen molar-refractivity contribution in [1.29, 1.82) is 0 Å². The van der Waals surface area contributed by atoms with Gasteiger partial charge >= 0.3 is 5.97 Å². The molecule has 2 heterocycles. The largest absolute Gasteiger partial charge is 0.453 e. The monoisotopic (exact) mass is 331 g/mol. The Morgan fingerprint density at radius 1 is 1.25 bits per heavy atom. The van der Waals surface area contributed by atoms with Crippen LogP contribution < -0.4 is 5.56 Å². The number of esters is 1. The molecule has 0 radical (unpaired) electrons. The Morgan fingerprint density at radius 2 is 1.96 bits per heavy atom. The molecule has 0 N–H and O–H groups in total. The predicted molar refractivity (Wildman–Crippen MR) is 88.3 cm³/mol. The van der Waals surface area contributed by atoms with Gasteiger partial charge in [0.25, 0.3) is 5.56 Å². The van der Waals surface area contributed by atoms with Crippen LogP contribution in [-0.2, 0) is 18.3 Å². The maximum absolute atomic E-state index is 12.3. The number of carbonyl (C=O) groups is 2. The van der Waals surface area contributed by atoms with Gasteiger partial charge in [-0.3, -0.25) is 9.59 Å². The molecule has 2 rings (SSSR count). The summed E-state index contributed by atoms with van der Waals surface area (Å²) in [4.78, 5) is 35.5. The fourth-order valence-electron chi connectivity index (χ4n) is 2.55. The van der Waals surface area contributed by atoms with E-state index in [1.807, 2.05) is 19.9 Å². The maximum Gasteiger partial charge on any atom is 0.359 e. The van der Waals surface area contributed by atoms with Gasteiger partial charge < -0.3 is 9.30 Å². The summed E-state index contributed by atoms with van der Waals surface area (Å²) < 4.78 is 8.14. The summed E-state index contributed by atoms with van der Waals surface area (Å²) in [7, 11) is 1.44. The predicted octanol–water partition coefficient (Wildman–Crippen LogP) is 1.65. The molecule has 0 fully saturated rings. The summed E-state index contributed by atoms with van der Waals surface area (Å²) in [5.74, 6) is -0.995. The normalized spacial score (nSPS) is 10.7. The number of ether oxygens (including phenoxy) is 1. The highest BCUT2D eigenvalue weighted by molar-refractivity contribution is 6.00. The van der Waals surface area contributed by atoms with E-state index in [0.717, 1.165) is 29.0 Å². The quantitative estimate of drug-likeness (QED) is 0.594. The van der Waals surface area contributed by atoms with E-state index in [1.54, 1.807) is 0 Å². The van der Waals surface area contributed by atoms with E-state index in [9.17, 15) is 14.4 Å². The lowest BCUT2D eigenvalue weighted by Crippen LogP contribution is -2.23. The van der Waals surface area contributed by atoms with Crippen molar-refractivity contribution in [1.82, 2.24) is 14.3 Å². The Labute approximate surface area is 139 Å². The number of nitrogens with zero attached hydrogens (tertiary/aromatic N) is 3. The molecule has 0 aliphatic carbocycles. The first-order chi connectivity index (χ1) is 11.3. The Bertz CT molecular complexity index is 833. The van der Waals surface area contributed by atoms with Crippen molar-refractivity contribution in [2.24, 2.45) is 7.05 Å². The summed E-state index contributed by atoms with van der Waals surface area (Å²) in [5, 5.41) is 3.80. The minimum Gasteiger partial charge on any atom is -0.453 e. The van der Waals surface area contributed by atoms with E-state index < -0.39 is 5.97 Å². The van der Waals surface area contributed by atoms with Crippen molar-refractivity contribution in [3.8, 4) is 0 Å². The molecule has 2 aromatic heterocycles. The molecule has 7 nitrogen and oxygen atoms in total. The van der Waals surface area contributed by atoms with E-state index in [0.29, 0.717) is 5.56 Å². The first-order valence-electron chi connectivity index (χ1n) is 7.76. The van der Waals surface area contributed by atoms with Gasteiger partial charge in [0.1, 0.15) is 0 Å². The van der Waals surface area contributed by atoms with Crippen molar-refractivity contribution in [2.45, 2.75) is 33.7 Å². The van der Waals surface area contributed by atoms with Gasteiger partial charge in [0.15, 0.2) is 12.3 Å². The lowest BCUT2D eigenvalue weighted by atomic mass is 10.1. The van der Waals surface area contributed by atoms with Crippen LogP contribution in [0.4, 0.5) is 0 Å². The maximum atomic E-state index is 12.3. The number of Topliss-reactive ketones (excluding diaryl/α,β-unsaturated/α-hetero) is 1. The first kappa shape index (κ1) is 17.7. The van der Waals surface area contributed by atoms with Crippen LogP contribution in [0.2, 0.25) is 0 Å². The second-order valence-corrected chi connectivity index (χ2v) is 5.62. The third-order valence-corrected chi connectivity index (χ3v) is 3.83. The Kier molecular flexibility index (Phi) is 5.33. The summed E-state index contributed by atoms with van der Waals surface area (Å²) in [6.07, 6.45) is 0.970. The molecule has 0 aliphatic rings. The molecule has 7 heteroatoms. The fourth-order valence-corrected chi connectivity index (χ4v) is 2.55.